The molecule has 6 nitrogen and oxygen atoms in total. The van der Waals surface area contributed by atoms with Crippen LogP contribution in [0.5, 0.6) is 0 Å². The zero-order chi connectivity index (χ0) is 16.1. The molecule has 0 aromatic heterocycles. The molecule has 0 saturated heterocycles. The predicted octanol–water partition coefficient (Wildman–Crippen LogP) is 3.23. The molecule has 116 valence electrons. The fourth-order valence-corrected chi connectivity index (χ4v) is 3.82. The van der Waals surface area contributed by atoms with E-state index >= 15 is 0 Å². The Labute approximate surface area is 133 Å². The topological polar surface area (TPSA) is 87.2 Å². The van der Waals surface area contributed by atoms with Crippen molar-refractivity contribution in [2.45, 2.75) is 35.8 Å². The Hall–Kier alpha value is -2.07. The van der Waals surface area contributed by atoms with Crippen LogP contribution in [0.1, 0.15) is 36.0 Å². The minimum absolute atomic E-state index is 0.0466. The maximum absolute atomic E-state index is 12.4. The van der Waals surface area contributed by atoms with E-state index in [1.807, 2.05) is 6.07 Å². The molecular weight excluding hydrogens is 302 g/mol. The first-order valence-electron chi connectivity index (χ1n) is 7.10. The van der Waals surface area contributed by atoms with Crippen molar-refractivity contribution in [2.75, 3.05) is 13.6 Å². The predicted molar refractivity (Wildman–Crippen MR) is 83.8 cm³/mol. The molecule has 0 atom stereocenters. The molecule has 2 rings (SSSR count). The molecule has 1 saturated carbocycles. The Morgan fingerprint density at radius 3 is 2.77 bits per heavy atom. The standard InChI is InChI=1S/C15H17N3O3S/c1-17(9-8-16)15(19)13-10-11(18(20)21)6-7-14(13)22-12-4-2-3-5-12/h6-7,10,12H,2-5,9H2,1H3. The smallest absolute Gasteiger partial charge is 0.270 e. The van der Waals surface area contributed by atoms with Gasteiger partial charge in [-0.3, -0.25) is 14.9 Å². The van der Waals surface area contributed by atoms with Crippen LogP contribution >= 0.6 is 11.8 Å². The molecule has 1 aliphatic rings. The van der Waals surface area contributed by atoms with Crippen molar-refractivity contribution < 1.29 is 9.72 Å². The van der Waals surface area contributed by atoms with E-state index in [-0.39, 0.29) is 18.1 Å². The van der Waals surface area contributed by atoms with Crippen LogP contribution in [0.25, 0.3) is 0 Å². The minimum Gasteiger partial charge on any atom is -0.328 e. The third-order valence-electron chi connectivity index (χ3n) is 3.65. The van der Waals surface area contributed by atoms with Crippen LogP contribution in [-0.4, -0.2) is 34.6 Å². The number of amides is 1. The molecule has 1 aromatic rings. The molecule has 1 fully saturated rings. The van der Waals surface area contributed by atoms with Gasteiger partial charge in [-0.05, 0) is 18.9 Å². The van der Waals surface area contributed by atoms with Gasteiger partial charge in [0.1, 0.15) is 6.54 Å². The highest BCUT2D eigenvalue weighted by atomic mass is 32.2. The number of nitriles is 1. The van der Waals surface area contributed by atoms with E-state index in [4.69, 9.17) is 5.26 Å². The SMILES string of the molecule is CN(CC#N)C(=O)c1cc([N+](=O)[O-])ccc1SC1CCCC1. The summed E-state index contributed by atoms with van der Waals surface area (Å²) in [5, 5.41) is 20.1. The molecule has 1 aliphatic carbocycles. The maximum atomic E-state index is 12.4. The maximum Gasteiger partial charge on any atom is 0.270 e. The molecule has 0 bridgehead atoms. The summed E-state index contributed by atoms with van der Waals surface area (Å²) in [6.45, 7) is -0.0466. The fourth-order valence-electron chi connectivity index (χ4n) is 2.47. The van der Waals surface area contributed by atoms with Crippen molar-refractivity contribution in [2.24, 2.45) is 0 Å². The molecule has 0 spiro atoms. The molecule has 1 aromatic carbocycles. The summed E-state index contributed by atoms with van der Waals surface area (Å²) in [5.41, 5.74) is 0.202. The van der Waals surface area contributed by atoms with Crippen LogP contribution in [0, 0.1) is 21.4 Å². The second kappa shape index (κ2) is 7.27. The van der Waals surface area contributed by atoms with Gasteiger partial charge in [-0.1, -0.05) is 12.8 Å². The number of carbonyl (C=O) groups is 1. The summed E-state index contributed by atoms with van der Waals surface area (Å²) in [5.74, 6) is -0.356. The van der Waals surface area contributed by atoms with E-state index in [1.54, 1.807) is 17.8 Å². The molecule has 7 heteroatoms. The number of rotatable bonds is 5. The van der Waals surface area contributed by atoms with Crippen LogP contribution in [-0.2, 0) is 0 Å². The van der Waals surface area contributed by atoms with E-state index in [0.29, 0.717) is 10.8 Å². The first kappa shape index (κ1) is 16.3. The lowest BCUT2D eigenvalue weighted by Crippen LogP contribution is -2.27. The van der Waals surface area contributed by atoms with Crippen LogP contribution < -0.4 is 0 Å². The quantitative estimate of drug-likeness (QED) is 0.472. The number of nitro groups is 1. The van der Waals surface area contributed by atoms with Crippen molar-refractivity contribution >= 4 is 23.4 Å². The summed E-state index contributed by atoms with van der Waals surface area (Å²) >= 11 is 1.61. The lowest BCUT2D eigenvalue weighted by Gasteiger charge is -2.17. The first-order valence-corrected chi connectivity index (χ1v) is 7.98. The fraction of sp³-hybridized carbons (Fsp3) is 0.467. The van der Waals surface area contributed by atoms with Gasteiger partial charge < -0.3 is 4.90 Å². The number of nitro benzene ring substituents is 1. The highest BCUT2D eigenvalue weighted by Crippen LogP contribution is 2.37. The lowest BCUT2D eigenvalue weighted by molar-refractivity contribution is -0.384. The van der Waals surface area contributed by atoms with Crippen molar-refractivity contribution in [1.82, 2.24) is 4.90 Å². The van der Waals surface area contributed by atoms with Gasteiger partial charge in [-0.25, -0.2) is 0 Å². The minimum atomic E-state index is -0.509. The number of hydrogen-bond donors (Lipinski definition) is 0. The summed E-state index contributed by atoms with van der Waals surface area (Å²) in [6.07, 6.45) is 4.57. The Bertz CT molecular complexity index is 621. The Kier molecular flexibility index (Phi) is 5.39. The van der Waals surface area contributed by atoms with Gasteiger partial charge in [-0.2, -0.15) is 5.26 Å². The number of carbonyl (C=O) groups excluding carboxylic acids is 1. The van der Waals surface area contributed by atoms with Gasteiger partial charge in [0.2, 0.25) is 0 Å². The Morgan fingerprint density at radius 2 is 2.18 bits per heavy atom. The van der Waals surface area contributed by atoms with Crippen molar-refractivity contribution in [3.05, 3.63) is 33.9 Å². The first-order chi connectivity index (χ1) is 10.5. The molecule has 0 aliphatic heterocycles. The third kappa shape index (κ3) is 3.77. The molecule has 1 amide bonds. The van der Waals surface area contributed by atoms with E-state index in [2.05, 4.69) is 0 Å². The van der Waals surface area contributed by atoms with Crippen LogP contribution in [0.4, 0.5) is 5.69 Å². The van der Waals surface area contributed by atoms with E-state index < -0.39 is 4.92 Å². The molecule has 0 heterocycles. The van der Waals surface area contributed by atoms with Gasteiger partial charge in [0.05, 0.1) is 16.6 Å². The average molecular weight is 319 g/mol. The molecule has 22 heavy (non-hydrogen) atoms. The molecule has 0 unspecified atom stereocenters. The number of nitrogens with zero attached hydrogens (tertiary/aromatic N) is 3. The number of thioether (sulfide) groups is 1. The zero-order valence-corrected chi connectivity index (χ0v) is 13.1. The molecular formula is C15H17N3O3S. The summed E-state index contributed by atoms with van der Waals surface area (Å²) in [6, 6.07) is 6.30. The normalized spacial score (nSPS) is 14.5. The van der Waals surface area contributed by atoms with Gasteiger partial charge in [0, 0.05) is 29.3 Å². The third-order valence-corrected chi connectivity index (χ3v) is 5.07. The van der Waals surface area contributed by atoms with E-state index in [0.717, 1.165) is 17.7 Å². The second-order valence-electron chi connectivity index (χ2n) is 5.28. The number of benzene rings is 1. The van der Waals surface area contributed by atoms with Crippen LogP contribution in [0.3, 0.4) is 0 Å². The monoisotopic (exact) mass is 319 g/mol. The van der Waals surface area contributed by atoms with Gasteiger partial charge in [0.25, 0.3) is 11.6 Å². The summed E-state index contributed by atoms with van der Waals surface area (Å²) < 4.78 is 0. The molecule has 0 radical (unpaired) electrons. The second-order valence-corrected chi connectivity index (χ2v) is 6.62. The van der Waals surface area contributed by atoms with Gasteiger partial charge >= 0.3 is 0 Å². The van der Waals surface area contributed by atoms with Crippen LogP contribution in [0.2, 0.25) is 0 Å². The Morgan fingerprint density at radius 1 is 1.50 bits per heavy atom. The highest BCUT2D eigenvalue weighted by molar-refractivity contribution is 8.00. The number of hydrogen-bond acceptors (Lipinski definition) is 5. The molecule has 0 N–H and O–H groups in total. The largest absolute Gasteiger partial charge is 0.328 e. The van der Waals surface area contributed by atoms with Crippen molar-refractivity contribution in [1.29, 1.82) is 5.26 Å². The zero-order valence-electron chi connectivity index (χ0n) is 12.3. The number of non-ortho nitro benzene ring substituents is 1. The van der Waals surface area contributed by atoms with E-state index in [1.165, 1.54) is 36.9 Å². The summed E-state index contributed by atoms with van der Waals surface area (Å²) in [4.78, 5) is 24.9. The lowest BCUT2D eigenvalue weighted by atomic mass is 10.1. The average Bonchev–Trinajstić information content (AvgIpc) is 3.00. The van der Waals surface area contributed by atoms with Gasteiger partial charge in [-0.15, -0.1) is 11.8 Å². The van der Waals surface area contributed by atoms with E-state index in [9.17, 15) is 14.9 Å². The summed E-state index contributed by atoms with van der Waals surface area (Å²) in [7, 11) is 1.52. The van der Waals surface area contributed by atoms with Gasteiger partial charge in [0.15, 0.2) is 0 Å². The highest BCUT2D eigenvalue weighted by Gasteiger charge is 2.23. The van der Waals surface area contributed by atoms with Crippen molar-refractivity contribution in [3.63, 3.8) is 0 Å². The Balaban J connectivity index is 2.32. The van der Waals surface area contributed by atoms with Crippen LogP contribution in [0.15, 0.2) is 23.1 Å². The van der Waals surface area contributed by atoms with Crippen molar-refractivity contribution in [3.8, 4) is 6.07 Å².